The topological polar surface area (TPSA) is 23.6 Å². The van der Waals surface area contributed by atoms with Gasteiger partial charge in [-0.15, -0.1) is 0 Å². The summed E-state index contributed by atoms with van der Waals surface area (Å²) in [6, 6.07) is 0.648. The van der Waals surface area contributed by atoms with E-state index < -0.39 is 0 Å². The van der Waals surface area contributed by atoms with Crippen LogP contribution in [0.3, 0.4) is 0 Å². The van der Waals surface area contributed by atoms with Crippen LogP contribution in [0.2, 0.25) is 0 Å². The van der Waals surface area contributed by atoms with Gasteiger partial charge in [0.05, 0.1) is 6.54 Å². The first kappa shape index (κ1) is 8.68. The van der Waals surface area contributed by atoms with E-state index in [1.807, 2.05) is 0 Å². The Morgan fingerprint density at radius 2 is 2.36 bits per heavy atom. The molecule has 1 atom stereocenters. The number of nitrogens with zero attached hydrogens (tertiary/aromatic N) is 2. The molecule has 0 aromatic heterocycles. The molecule has 0 aromatic carbocycles. The van der Waals surface area contributed by atoms with Crippen molar-refractivity contribution >= 4 is 6.29 Å². The molecule has 0 unspecified atom stereocenters. The van der Waals surface area contributed by atoms with E-state index in [4.69, 9.17) is 0 Å². The van der Waals surface area contributed by atoms with Gasteiger partial charge in [-0.1, -0.05) is 0 Å². The molecule has 1 aliphatic heterocycles. The minimum atomic E-state index is 0.602. The van der Waals surface area contributed by atoms with Crippen molar-refractivity contribution in [1.82, 2.24) is 9.80 Å². The first-order valence-corrected chi connectivity index (χ1v) is 4.06. The van der Waals surface area contributed by atoms with Gasteiger partial charge in [0.2, 0.25) is 0 Å². The minimum Gasteiger partial charge on any atom is -0.305 e. The average Bonchev–Trinajstić information content (AvgIpc) is 2.37. The highest BCUT2D eigenvalue weighted by atomic mass is 16.1. The van der Waals surface area contributed by atoms with Crippen LogP contribution in [-0.2, 0) is 4.79 Å². The molecule has 1 aliphatic rings. The summed E-state index contributed by atoms with van der Waals surface area (Å²) in [5.41, 5.74) is 0. The van der Waals surface area contributed by atoms with Gasteiger partial charge in [0, 0.05) is 19.1 Å². The Bertz CT molecular complexity index is 136. The maximum absolute atomic E-state index is 10.2. The van der Waals surface area contributed by atoms with E-state index in [-0.39, 0.29) is 0 Å². The second-order valence-corrected chi connectivity index (χ2v) is 3.33. The van der Waals surface area contributed by atoms with Crippen LogP contribution in [0.4, 0.5) is 0 Å². The molecule has 3 heteroatoms. The molecule has 0 N–H and O–H groups in total. The van der Waals surface area contributed by atoms with Crippen LogP contribution in [0.25, 0.3) is 0 Å². The molecule has 64 valence electrons. The molecule has 11 heavy (non-hydrogen) atoms. The Labute approximate surface area is 68.0 Å². The van der Waals surface area contributed by atoms with Gasteiger partial charge in [-0.3, -0.25) is 4.90 Å². The van der Waals surface area contributed by atoms with Gasteiger partial charge in [0.15, 0.2) is 0 Å². The van der Waals surface area contributed by atoms with Crippen molar-refractivity contribution in [1.29, 1.82) is 0 Å². The van der Waals surface area contributed by atoms with Crippen molar-refractivity contribution in [2.75, 3.05) is 33.7 Å². The fourth-order valence-electron chi connectivity index (χ4n) is 1.50. The van der Waals surface area contributed by atoms with Crippen molar-refractivity contribution in [3.8, 4) is 0 Å². The number of carbonyl (C=O) groups excluding carboxylic acids is 1. The Morgan fingerprint density at radius 3 is 2.82 bits per heavy atom. The van der Waals surface area contributed by atoms with E-state index in [1.165, 1.54) is 6.42 Å². The van der Waals surface area contributed by atoms with Gasteiger partial charge in [-0.05, 0) is 20.5 Å². The Morgan fingerprint density at radius 1 is 1.64 bits per heavy atom. The van der Waals surface area contributed by atoms with Crippen LogP contribution < -0.4 is 0 Å². The van der Waals surface area contributed by atoms with E-state index in [9.17, 15) is 4.79 Å². The van der Waals surface area contributed by atoms with Gasteiger partial charge in [0.25, 0.3) is 0 Å². The fourth-order valence-corrected chi connectivity index (χ4v) is 1.50. The standard InChI is InChI=1S/C8H16N2O/c1-9(2)8-3-4-10(7-8)5-6-11/h6,8H,3-5,7H2,1-2H3/t8-/m0/s1. The van der Waals surface area contributed by atoms with Crippen molar-refractivity contribution in [2.45, 2.75) is 12.5 Å². The van der Waals surface area contributed by atoms with Gasteiger partial charge in [0.1, 0.15) is 6.29 Å². The molecule has 1 heterocycles. The number of likely N-dealkylation sites (tertiary alicyclic amines) is 1. The first-order chi connectivity index (χ1) is 5.24. The molecule has 0 saturated carbocycles. The lowest BCUT2D eigenvalue weighted by atomic mass is 10.2. The monoisotopic (exact) mass is 156 g/mol. The van der Waals surface area contributed by atoms with Crippen LogP contribution in [0, 0.1) is 0 Å². The lowest BCUT2D eigenvalue weighted by Gasteiger charge is -2.18. The summed E-state index contributed by atoms with van der Waals surface area (Å²) in [4.78, 5) is 14.6. The molecule has 3 nitrogen and oxygen atoms in total. The molecule has 0 bridgehead atoms. The van der Waals surface area contributed by atoms with Crippen molar-refractivity contribution < 1.29 is 4.79 Å². The number of aldehydes is 1. The number of rotatable bonds is 3. The second kappa shape index (κ2) is 3.83. The summed E-state index contributed by atoms with van der Waals surface area (Å²) in [5.74, 6) is 0. The molecule has 0 radical (unpaired) electrons. The normalized spacial score (nSPS) is 26.3. The minimum absolute atomic E-state index is 0.602. The van der Waals surface area contributed by atoms with Crippen molar-refractivity contribution in [2.24, 2.45) is 0 Å². The molecule has 0 aromatic rings. The summed E-state index contributed by atoms with van der Waals surface area (Å²) in [6.07, 6.45) is 2.18. The van der Waals surface area contributed by atoms with Crippen LogP contribution in [0.1, 0.15) is 6.42 Å². The highest BCUT2D eigenvalue weighted by molar-refractivity contribution is 5.52. The largest absolute Gasteiger partial charge is 0.305 e. The maximum atomic E-state index is 10.2. The summed E-state index contributed by atoms with van der Waals surface area (Å²) < 4.78 is 0. The molecule has 0 aliphatic carbocycles. The first-order valence-electron chi connectivity index (χ1n) is 4.06. The second-order valence-electron chi connectivity index (χ2n) is 3.33. The van der Waals surface area contributed by atoms with E-state index in [0.29, 0.717) is 12.6 Å². The third-order valence-electron chi connectivity index (χ3n) is 2.31. The lowest BCUT2D eigenvalue weighted by Crippen LogP contribution is -2.32. The fraction of sp³-hybridized carbons (Fsp3) is 0.875. The van der Waals surface area contributed by atoms with Gasteiger partial charge in [-0.2, -0.15) is 0 Å². The number of hydrogen-bond acceptors (Lipinski definition) is 3. The van der Waals surface area contributed by atoms with Gasteiger partial charge >= 0.3 is 0 Å². The van der Waals surface area contributed by atoms with Crippen LogP contribution in [0.15, 0.2) is 0 Å². The zero-order valence-electron chi connectivity index (χ0n) is 7.29. The molecular formula is C8H16N2O. The van der Waals surface area contributed by atoms with Crippen LogP contribution in [0.5, 0.6) is 0 Å². The summed E-state index contributed by atoms with van der Waals surface area (Å²) in [6.45, 7) is 2.72. The maximum Gasteiger partial charge on any atom is 0.133 e. The van der Waals surface area contributed by atoms with Gasteiger partial charge < -0.3 is 9.69 Å². The lowest BCUT2D eigenvalue weighted by molar-refractivity contribution is -0.108. The smallest absolute Gasteiger partial charge is 0.133 e. The van der Waals surface area contributed by atoms with E-state index in [2.05, 4.69) is 23.9 Å². The van der Waals surface area contributed by atoms with E-state index in [0.717, 1.165) is 19.4 Å². The molecule has 0 spiro atoms. The zero-order chi connectivity index (χ0) is 8.27. The predicted octanol–water partition coefficient (Wildman–Crippen LogP) is -0.179. The summed E-state index contributed by atoms with van der Waals surface area (Å²) in [7, 11) is 4.18. The molecule has 1 fully saturated rings. The number of carbonyl (C=O) groups is 1. The highest BCUT2D eigenvalue weighted by Gasteiger charge is 2.22. The number of likely N-dealkylation sites (N-methyl/N-ethyl adjacent to an activating group) is 1. The quantitative estimate of drug-likeness (QED) is 0.530. The predicted molar refractivity (Wildman–Crippen MR) is 44.6 cm³/mol. The third kappa shape index (κ3) is 2.27. The van der Waals surface area contributed by atoms with E-state index >= 15 is 0 Å². The van der Waals surface area contributed by atoms with E-state index in [1.54, 1.807) is 0 Å². The molecule has 0 amide bonds. The Balaban J connectivity index is 2.28. The van der Waals surface area contributed by atoms with Crippen molar-refractivity contribution in [3.63, 3.8) is 0 Å². The van der Waals surface area contributed by atoms with Gasteiger partial charge in [-0.25, -0.2) is 0 Å². The highest BCUT2D eigenvalue weighted by Crippen LogP contribution is 2.11. The molecular weight excluding hydrogens is 140 g/mol. The number of hydrogen-bond donors (Lipinski definition) is 0. The molecule has 1 rings (SSSR count). The summed E-state index contributed by atoms with van der Waals surface area (Å²) in [5, 5.41) is 0. The third-order valence-corrected chi connectivity index (χ3v) is 2.31. The molecule has 1 saturated heterocycles. The average molecular weight is 156 g/mol. The Kier molecular flexibility index (Phi) is 3.02. The van der Waals surface area contributed by atoms with Crippen LogP contribution in [-0.4, -0.2) is 55.9 Å². The summed E-state index contributed by atoms with van der Waals surface area (Å²) >= 11 is 0. The SMILES string of the molecule is CN(C)[C@H]1CCN(CC=O)C1. The van der Waals surface area contributed by atoms with Crippen LogP contribution >= 0.6 is 0 Å². The zero-order valence-corrected chi connectivity index (χ0v) is 7.29. The Hall–Kier alpha value is -0.410. The van der Waals surface area contributed by atoms with Crippen molar-refractivity contribution in [3.05, 3.63) is 0 Å².